The van der Waals surface area contributed by atoms with Gasteiger partial charge in [-0.25, -0.2) is 4.79 Å². The fourth-order valence-electron chi connectivity index (χ4n) is 5.35. The second-order valence-electron chi connectivity index (χ2n) is 8.45. The summed E-state index contributed by atoms with van der Waals surface area (Å²) in [5, 5.41) is 20.0. The quantitative estimate of drug-likeness (QED) is 0.696. The van der Waals surface area contributed by atoms with E-state index in [-0.39, 0.29) is 12.0 Å². The topological polar surface area (TPSA) is 80.1 Å². The fourth-order valence-corrected chi connectivity index (χ4v) is 5.35. The van der Waals surface area contributed by atoms with Gasteiger partial charge in [-0.1, -0.05) is 18.2 Å². The van der Waals surface area contributed by atoms with Crippen LogP contribution in [0.4, 0.5) is 0 Å². The molecule has 1 aliphatic heterocycles. The van der Waals surface area contributed by atoms with E-state index in [0.717, 1.165) is 18.7 Å². The highest BCUT2D eigenvalue weighted by Gasteiger charge is 2.61. The van der Waals surface area contributed by atoms with Crippen LogP contribution in [0.5, 0.6) is 0 Å². The molecule has 0 amide bonds. The molecule has 1 aliphatic carbocycles. The number of carboxylic acids is 1. The number of carbonyl (C=O) groups is 1. The first-order valence-corrected chi connectivity index (χ1v) is 10.0. The molecule has 2 aliphatic rings. The first kappa shape index (κ1) is 18.0. The summed E-state index contributed by atoms with van der Waals surface area (Å²) in [7, 11) is 0. The number of nitriles is 1. The van der Waals surface area contributed by atoms with Gasteiger partial charge in [-0.3, -0.25) is 4.90 Å². The lowest BCUT2D eigenvalue weighted by Gasteiger charge is -2.29. The van der Waals surface area contributed by atoms with Crippen LogP contribution in [0.3, 0.4) is 0 Å². The largest absolute Gasteiger partial charge is 0.478 e. The van der Waals surface area contributed by atoms with Crippen molar-refractivity contribution in [1.82, 2.24) is 9.88 Å². The summed E-state index contributed by atoms with van der Waals surface area (Å²) < 4.78 is 0. The fraction of sp³-hybridized carbons (Fsp3) is 0.333. The van der Waals surface area contributed by atoms with Gasteiger partial charge in [0.1, 0.15) is 0 Å². The van der Waals surface area contributed by atoms with Crippen molar-refractivity contribution in [3.05, 3.63) is 70.4 Å². The van der Waals surface area contributed by atoms with E-state index in [1.807, 2.05) is 18.3 Å². The maximum atomic E-state index is 11.2. The molecule has 1 saturated carbocycles. The molecule has 5 nitrogen and oxygen atoms in total. The zero-order valence-electron chi connectivity index (χ0n) is 16.5. The number of aromatic carboxylic acids is 1. The monoisotopic (exact) mass is 385 g/mol. The van der Waals surface area contributed by atoms with Crippen molar-refractivity contribution >= 4 is 16.9 Å². The Morgan fingerprint density at radius 1 is 1.24 bits per heavy atom. The van der Waals surface area contributed by atoms with Gasteiger partial charge in [0.2, 0.25) is 0 Å². The SMILES string of the molecule is Cc1cc(C)c2[nH]ccc2c1CN1CC2C(C#N)C2C1c1ccc(C(=O)O)cc1. The molecule has 5 heteroatoms. The molecule has 5 rings (SSSR count). The van der Waals surface area contributed by atoms with Crippen molar-refractivity contribution in [2.24, 2.45) is 17.8 Å². The lowest BCUT2D eigenvalue weighted by Crippen LogP contribution is -2.28. The molecule has 0 spiro atoms. The third kappa shape index (κ3) is 2.75. The number of hydrogen-bond acceptors (Lipinski definition) is 3. The number of piperidine rings is 1. The number of nitrogens with zero attached hydrogens (tertiary/aromatic N) is 2. The van der Waals surface area contributed by atoms with Crippen LogP contribution in [-0.2, 0) is 6.54 Å². The molecule has 2 fully saturated rings. The Morgan fingerprint density at radius 3 is 2.69 bits per heavy atom. The smallest absolute Gasteiger partial charge is 0.335 e. The van der Waals surface area contributed by atoms with Crippen LogP contribution in [0, 0.1) is 42.9 Å². The van der Waals surface area contributed by atoms with E-state index in [0.29, 0.717) is 17.4 Å². The molecule has 0 bridgehead atoms. The molecule has 1 aromatic heterocycles. The number of H-pyrrole nitrogens is 1. The Hall–Kier alpha value is -3.10. The molecule has 2 aromatic carbocycles. The summed E-state index contributed by atoms with van der Waals surface area (Å²) in [6.45, 7) is 6.04. The highest BCUT2D eigenvalue weighted by Crippen LogP contribution is 2.61. The average molecular weight is 385 g/mol. The number of likely N-dealkylation sites (tertiary alicyclic amines) is 1. The molecule has 29 heavy (non-hydrogen) atoms. The summed E-state index contributed by atoms with van der Waals surface area (Å²) >= 11 is 0. The number of fused-ring (bicyclic) bond motifs is 2. The molecular formula is C24H23N3O2. The van der Waals surface area contributed by atoms with Crippen molar-refractivity contribution in [2.45, 2.75) is 26.4 Å². The van der Waals surface area contributed by atoms with Crippen molar-refractivity contribution in [3.8, 4) is 6.07 Å². The molecule has 2 heterocycles. The maximum absolute atomic E-state index is 11.2. The lowest BCUT2D eigenvalue weighted by molar-refractivity contribution is 0.0697. The van der Waals surface area contributed by atoms with E-state index in [1.54, 1.807) is 12.1 Å². The second kappa shape index (κ2) is 6.47. The Bertz CT molecular complexity index is 1160. The highest BCUT2D eigenvalue weighted by atomic mass is 16.4. The Morgan fingerprint density at radius 2 is 2.00 bits per heavy atom. The van der Waals surface area contributed by atoms with Gasteiger partial charge in [-0.05, 0) is 60.2 Å². The predicted octanol–water partition coefficient (Wildman–Crippen LogP) is 4.43. The summed E-state index contributed by atoms with van der Waals surface area (Å²) in [5.74, 6) is -0.0503. The normalized spacial score (nSPS) is 25.7. The van der Waals surface area contributed by atoms with Gasteiger partial charge in [0.05, 0.1) is 17.6 Å². The van der Waals surface area contributed by atoms with Crippen LogP contribution < -0.4 is 0 Å². The van der Waals surface area contributed by atoms with E-state index in [1.165, 1.54) is 27.6 Å². The van der Waals surface area contributed by atoms with Crippen molar-refractivity contribution < 1.29 is 9.90 Å². The van der Waals surface area contributed by atoms with Crippen molar-refractivity contribution in [3.63, 3.8) is 0 Å². The first-order valence-electron chi connectivity index (χ1n) is 10.0. The van der Waals surface area contributed by atoms with Gasteiger partial charge in [0.15, 0.2) is 0 Å². The third-order valence-electron chi connectivity index (χ3n) is 6.82. The number of aromatic nitrogens is 1. The number of benzene rings is 2. The number of aryl methyl sites for hydroxylation is 2. The van der Waals surface area contributed by atoms with E-state index < -0.39 is 5.97 Å². The van der Waals surface area contributed by atoms with Crippen LogP contribution in [0.15, 0.2) is 42.6 Å². The first-order chi connectivity index (χ1) is 14.0. The van der Waals surface area contributed by atoms with Crippen LogP contribution in [0.2, 0.25) is 0 Å². The Labute approximate surface area is 169 Å². The van der Waals surface area contributed by atoms with Crippen LogP contribution in [-0.4, -0.2) is 27.5 Å². The van der Waals surface area contributed by atoms with E-state index in [9.17, 15) is 15.2 Å². The van der Waals surface area contributed by atoms with E-state index in [2.05, 4.69) is 41.9 Å². The number of rotatable bonds is 4. The van der Waals surface area contributed by atoms with Crippen molar-refractivity contribution in [2.75, 3.05) is 6.54 Å². The minimum absolute atomic E-state index is 0.113. The van der Waals surface area contributed by atoms with E-state index >= 15 is 0 Å². The third-order valence-corrected chi connectivity index (χ3v) is 6.82. The van der Waals surface area contributed by atoms with Crippen molar-refractivity contribution in [1.29, 1.82) is 5.26 Å². The molecule has 2 N–H and O–H groups in total. The van der Waals surface area contributed by atoms with Crippen LogP contribution in [0.1, 0.15) is 38.7 Å². The predicted molar refractivity (Wildman–Crippen MR) is 110 cm³/mol. The lowest BCUT2D eigenvalue weighted by atomic mass is 9.96. The molecule has 4 unspecified atom stereocenters. The van der Waals surface area contributed by atoms with Gasteiger partial charge >= 0.3 is 5.97 Å². The molecule has 4 atom stereocenters. The molecule has 146 valence electrons. The zero-order chi connectivity index (χ0) is 20.3. The summed E-state index contributed by atoms with van der Waals surface area (Å²) in [6.07, 6.45) is 2.00. The van der Waals surface area contributed by atoms with Gasteiger partial charge in [-0.15, -0.1) is 0 Å². The average Bonchev–Trinajstić information content (AvgIpc) is 3.05. The maximum Gasteiger partial charge on any atom is 0.335 e. The van der Waals surface area contributed by atoms with E-state index in [4.69, 9.17) is 0 Å². The minimum atomic E-state index is -0.913. The van der Waals surface area contributed by atoms with Crippen LogP contribution >= 0.6 is 0 Å². The number of carboxylic acid groups (broad SMARTS) is 1. The van der Waals surface area contributed by atoms with Gasteiger partial charge in [-0.2, -0.15) is 5.26 Å². The van der Waals surface area contributed by atoms with Gasteiger partial charge in [0.25, 0.3) is 0 Å². The summed E-state index contributed by atoms with van der Waals surface area (Å²) in [5.41, 5.74) is 6.45. The zero-order valence-corrected chi connectivity index (χ0v) is 16.5. The van der Waals surface area contributed by atoms with Gasteiger partial charge < -0.3 is 10.1 Å². The van der Waals surface area contributed by atoms with Crippen LogP contribution in [0.25, 0.3) is 10.9 Å². The highest BCUT2D eigenvalue weighted by molar-refractivity contribution is 5.88. The number of hydrogen-bond donors (Lipinski definition) is 2. The van der Waals surface area contributed by atoms with Gasteiger partial charge in [0, 0.05) is 42.1 Å². The Balaban J connectivity index is 1.51. The molecule has 1 saturated heterocycles. The number of aromatic amines is 1. The molecule has 3 aromatic rings. The number of nitrogens with one attached hydrogen (secondary N) is 1. The summed E-state index contributed by atoms with van der Waals surface area (Å²) in [4.78, 5) is 17.0. The Kier molecular flexibility index (Phi) is 4.01. The standard InChI is InChI=1S/C24H23N3O2/c1-13-9-14(2)22-17(7-8-26-22)19(13)11-27-12-20-18(10-25)21(20)23(27)15-3-5-16(6-4-15)24(28)29/h3-9,18,20-21,23,26H,11-12H2,1-2H3,(H,28,29). The minimum Gasteiger partial charge on any atom is -0.478 e. The molecule has 0 radical (unpaired) electrons. The second-order valence-corrected chi connectivity index (χ2v) is 8.45. The molecular weight excluding hydrogens is 362 g/mol. The summed E-state index contributed by atoms with van der Waals surface area (Å²) in [6, 6.07) is 14.2.